The molecular formula is C18H19BrN2O2. The third-order valence-corrected chi connectivity index (χ3v) is 4.23. The van der Waals surface area contributed by atoms with E-state index in [4.69, 9.17) is 0 Å². The van der Waals surface area contributed by atoms with E-state index in [9.17, 15) is 9.59 Å². The molecular weight excluding hydrogens is 356 g/mol. The fourth-order valence-electron chi connectivity index (χ4n) is 2.14. The molecule has 0 saturated heterocycles. The van der Waals surface area contributed by atoms with E-state index in [1.165, 1.54) is 0 Å². The van der Waals surface area contributed by atoms with Gasteiger partial charge in [0.25, 0.3) is 5.91 Å². The fraction of sp³-hybridized carbons (Fsp3) is 0.222. The number of hydrogen-bond donors (Lipinski definition) is 1. The maximum atomic E-state index is 12.1. The van der Waals surface area contributed by atoms with Gasteiger partial charge in [0.2, 0.25) is 5.91 Å². The molecule has 0 aliphatic heterocycles. The van der Waals surface area contributed by atoms with Crippen LogP contribution in [0.15, 0.2) is 59.1 Å². The minimum Gasteiger partial charge on any atom is -0.352 e. The van der Waals surface area contributed by atoms with Gasteiger partial charge in [-0.2, -0.15) is 0 Å². The van der Waals surface area contributed by atoms with Crippen molar-refractivity contribution in [1.29, 1.82) is 0 Å². The van der Waals surface area contributed by atoms with Crippen molar-refractivity contribution in [3.8, 4) is 0 Å². The van der Waals surface area contributed by atoms with Gasteiger partial charge in [0.15, 0.2) is 0 Å². The van der Waals surface area contributed by atoms with E-state index in [1.54, 1.807) is 24.1 Å². The molecule has 0 aliphatic carbocycles. The normalized spacial score (nSPS) is 10.2. The van der Waals surface area contributed by atoms with Crippen molar-refractivity contribution in [1.82, 2.24) is 10.2 Å². The van der Waals surface area contributed by atoms with Gasteiger partial charge in [0.05, 0.1) is 0 Å². The van der Waals surface area contributed by atoms with E-state index in [2.05, 4.69) is 21.2 Å². The second kappa shape index (κ2) is 8.48. The number of nitrogens with zero attached hydrogens (tertiary/aromatic N) is 1. The Balaban J connectivity index is 1.78. The van der Waals surface area contributed by atoms with Crippen LogP contribution >= 0.6 is 15.9 Å². The molecule has 2 aromatic carbocycles. The summed E-state index contributed by atoms with van der Waals surface area (Å²) in [6, 6.07) is 16.8. The second-order valence-electron chi connectivity index (χ2n) is 5.21. The zero-order valence-corrected chi connectivity index (χ0v) is 14.5. The zero-order valence-electron chi connectivity index (χ0n) is 13.0. The quantitative estimate of drug-likeness (QED) is 0.843. The lowest BCUT2D eigenvalue weighted by Crippen LogP contribution is -2.31. The van der Waals surface area contributed by atoms with Crippen LogP contribution in [0.5, 0.6) is 0 Å². The van der Waals surface area contributed by atoms with Crippen LogP contribution in [0.2, 0.25) is 0 Å². The minimum absolute atomic E-state index is 0.00545. The van der Waals surface area contributed by atoms with Gasteiger partial charge in [-0.3, -0.25) is 9.59 Å². The summed E-state index contributed by atoms with van der Waals surface area (Å²) in [5.74, 6) is -0.166. The van der Waals surface area contributed by atoms with Crippen LogP contribution in [0.4, 0.5) is 0 Å². The second-order valence-corrected chi connectivity index (χ2v) is 6.07. The first-order valence-corrected chi connectivity index (χ1v) is 8.18. The first kappa shape index (κ1) is 17.2. The van der Waals surface area contributed by atoms with E-state index < -0.39 is 0 Å². The molecule has 0 saturated carbocycles. The van der Waals surface area contributed by atoms with Gasteiger partial charge in [-0.25, -0.2) is 0 Å². The van der Waals surface area contributed by atoms with E-state index >= 15 is 0 Å². The highest BCUT2D eigenvalue weighted by Gasteiger charge is 2.11. The van der Waals surface area contributed by atoms with Gasteiger partial charge < -0.3 is 10.2 Å². The summed E-state index contributed by atoms with van der Waals surface area (Å²) in [4.78, 5) is 25.7. The summed E-state index contributed by atoms with van der Waals surface area (Å²) in [5.41, 5.74) is 1.65. The van der Waals surface area contributed by atoms with Crippen molar-refractivity contribution >= 4 is 27.7 Å². The Labute approximate surface area is 144 Å². The number of nitrogens with one attached hydrogen (secondary N) is 1. The summed E-state index contributed by atoms with van der Waals surface area (Å²) in [6.07, 6.45) is 0.277. The van der Waals surface area contributed by atoms with Gasteiger partial charge >= 0.3 is 0 Å². The van der Waals surface area contributed by atoms with Gasteiger partial charge in [0.1, 0.15) is 0 Å². The Morgan fingerprint density at radius 2 is 1.70 bits per heavy atom. The van der Waals surface area contributed by atoms with Crippen LogP contribution in [0.25, 0.3) is 0 Å². The van der Waals surface area contributed by atoms with E-state index in [0.717, 1.165) is 10.0 Å². The summed E-state index contributed by atoms with van der Waals surface area (Å²) >= 11 is 3.48. The molecule has 0 fully saturated rings. The molecule has 0 aromatic heterocycles. The molecule has 0 radical (unpaired) electrons. The molecule has 4 nitrogen and oxygen atoms in total. The predicted octanol–water partition coefficient (Wildman–Crippen LogP) is 3.23. The third kappa shape index (κ3) is 5.21. The van der Waals surface area contributed by atoms with Crippen LogP contribution < -0.4 is 5.32 Å². The van der Waals surface area contributed by atoms with E-state index in [1.807, 2.05) is 42.5 Å². The molecule has 0 aliphatic rings. The van der Waals surface area contributed by atoms with E-state index in [-0.39, 0.29) is 18.2 Å². The highest BCUT2D eigenvalue weighted by atomic mass is 79.9. The predicted molar refractivity (Wildman–Crippen MR) is 94.0 cm³/mol. The molecule has 23 heavy (non-hydrogen) atoms. The Bertz CT molecular complexity index is 674. The van der Waals surface area contributed by atoms with Crippen molar-refractivity contribution in [3.63, 3.8) is 0 Å². The number of benzene rings is 2. The van der Waals surface area contributed by atoms with Crippen molar-refractivity contribution < 1.29 is 9.59 Å². The van der Waals surface area contributed by atoms with Gasteiger partial charge in [-0.15, -0.1) is 0 Å². The van der Waals surface area contributed by atoms with Crippen molar-refractivity contribution in [2.75, 3.05) is 13.6 Å². The Morgan fingerprint density at radius 3 is 2.39 bits per heavy atom. The third-order valence-electron chi connectivity index (χ3n) is 3.45. The van der Waals surface area contributed by atoms with Crippen molar-refractivity contribution in [2.45, 2.75) is 13.0 Å². The molecule has 2 amide bonds. The van der Waals surface area contributed by atoms with Crippen LogP contribution in [0, 0.1) is 0 Å². The first-order chi connectivity index (χ1) is 11.1. The van der Waals surface area contributed by atoms with Gasteiger partial charge in [-0.1, -0.05) is 52.3 Å². The average molecular weight is 375 g/mol. The molecule has 0 unspecified atom stereocenters. The SMILES string of the molecule is CN(Cc1ccccc1Br)C(=O)CCNC(=O)c1ccccc1. The van der Waals surface area contributed by atoms with E-state index in [0.29, 0.717) is 18.7 Å². The lowest BCUT2D eigenvalue weighted by molar-refractivity contribution is -0.130. The highest BCUT2D eigenvalue weighted by Crippen LogP contribution is 2.17. The molecule has 2 rings (SSSR count). The zero-order chi connectivity index (χ0) is 16.7. The Hall–Kier alpha value is -2.14. The molecule has 0 heterocycles. The number of hydrogen-bond acceptors (Lipinski definition) is 2. The van der Waals surface area contributed by atoms with Crippen molar-refractivity contribution in [3.05, 3.63) is 70.2 Å². The Kier molecular flexibility index (Phi) is 6.35. The highest BCUT2D eigenvalue weighted by molar-refractivity contribution is 9.10. The van der Waals surface area contributed by atoms with Crippen LogP contribution in [0.1, 0.15) is 22.3 Å². The average Bonchev–Trinajstić information content (AvgIpc) is 2.57. The monoisotopic (exact) mass is 374 g/mol. The summed E-state index contributed by atoms with van der Waals surface area (Å²) in [6.45, 7) is 0.861. The van der Waals surface area contributed by atoms with Crippen LogP contribution in [0.3, 0.4) is 0 Å². The minimum atomic E-state index is -0.160. The molecule has 120 valence electrons. The van der Waals surface area contributed by atoms with Gasteiger partial charge in [0, 0.05) is 36.6 Å². The lowest BCUT2D eigenvalue weighted by atomic mass is 10.2. The standard InChI is InChI=1S/C18H19BrN2O2/c1-21(13-15-9-5-6-10-16(15)19)17(22)11-12-20-18(23)14-7-3-2-4-8-14/h2-10H,11-13H2,1H3,(H,20,23). The summed E-state index contributed by atoms with van der Waals surface area (Å²) in [5, 5.41) is 2.76. The number of amides is 2. The lowest BCUT2D eigenvalue weighted by Gasteiger charge is -2.18. The van der Waals surface area contributed by atoms with Gasteiger partial charge in [-0.05, 0) is 23.8 Å². The molecule has 0 bridgehead atoms. The van der Waals surface area contributed by atoms with Crippen molar-refractivity contribution in [2.24, 2.45) is 0 Å². The largest absolute Gasteiger partial charge is 0.352 e. The topological polar surface area (TPSA) is 49.4 Å². The smallest absolute Gasteiger partial charge is 0.251 e. The Morgan fingerprint density at radius 1 is 1.04 bits per heavy atom. The fourth-order valence-corrected chi connectivity index (χ4v) is 2.55. The molecule has 5 heteroatoms. The number of rotatable bonds is 6. The number of halogens is 1. The summed E-state index contributed by atoms with van der Waals surface area (Å²) in [7, 11) is 1.76. The molecule has 1 N–H and O–H groups in total. The van der Waals surface area contributed by atoms with Crippen LogP contribution in [-0.4, -0.2) is 30.3 Å². The first-order valence-electron chi connectivity index (χ1n) is 7.38. The number of carbonyl (C=O) groups excluding carboxylic acids is 2. The maximum absolute atomic E-state index is 12.1. The maximum Gasteiger partial charge on any atom is 0.251 e. The number of carbonyl (C=O) groups is 2. The molecule has 0 spiro atoms. The van der Waals surface area contributed by atoms with Crippen LogP contribution in [-0.2, 0) is 11.3 Å². The molecule has 0 atom stereocenters. The summed E-state index contributed by atoms with van der Waals surface area (Å²) < 4.78 is 0.983. The molecule has 2 aromatic rings.